The fourth-order valence-electron chi connectivity index (χ4n) is 3.46. The van der Waals surface area contributed by atoms with Crippen LogP contribution in [0.3, 0.4) is 0 Å². The lowest BCUT2D eigenvalue weighted by Gasteiger charge is -2.21. The minimum Gasteiger partial charge on any atom is -0.308 e. The Bertz CT molecular complexity index is 1330. The van der Waals surface area contributed by atoms with Crippen LogP contribution in [0.25, 0.3) is 0 Å². The molecule has 0 saturated heterocycles. The molecule has 0 aliphatic carbocycles. The molecule has 0 radical (unpaired) electrons. The third-order valence-electron chi connectivity index (χ3n) is 5.20. The van der Waals surface area contributed by atoms with Crippen molar-refractivity contribution in [3.63, 3.8) is 0 Å². The van der Waals surface area contributed by atoms with Crippen LogP contribution in [0.4, 0.5) is 43.9 Å². The first kappa shape index (κ1) is 37.7. The summed E-state index contributed by atoms with van der Waals surface area (Å²) in [6.45, 7) is 5.10. The molecule has 1 aliphatic heterocycles. The van der Waals surface area contributed by atoms with Crippen LogP contribution in [0.5, 0.6) is 0 Å². The second-order valence-electron chi connectivity index (χ2n) is 9.02. The minimum atomic E-state index is -5.70. The molecule has 0 aromatic carbocycles. The highest BCUT2D eigenvalue weighted by Crippen LogP contribution is 2.55. The molecule has 0 amide bonds. The van der Waals surface area contributed by atoms with Gasteiger partial charge in [0, 0.05) is 47.9 Å². The van der Waals surface area contributed by atoms with Crippen LogP contribution in [0.2, 0.25) is 0 Å². The van der Waals surface area contributed by atoms with Crippen LogP contribution in [-0.2, 0) is 13.1 Å². The maximum absolute atomic E-state index is 14.0. The Balaban J connectivity index is 0.000000928. The maximum atomic E-state index is 14.0. The molecule has 21 heteroatoms. The molecule has 0 atom stereocenters. The average molecular weight is 732 g/mol. The molecule has 5 nitrogen and oxygen atoms in total. The van der Waals surface area contributed by atoms with Gasteiger partial charge in [-0.1, -0.05) is 6.92 Å². The molecule has 3 rings (SSSR count). The van der Waals surface area contributed by atoms with Crippen molar-refractivity contribution in [1.82, 2.24) is 21.4 Å². The summed E-state index contributed by atoms with van der Waals surface area (Å²) in [5.41, 5.74) is 0. The summed E-state index contributed by atoms with van der Waals surface area (Å²) in [5.74, 6) is -4.23. The third kappa shape index (κ3) is 8.61. The van der Waals surface area contributed by atoms with Gasteiger partial charge in [-0.15, -0.1) is 14.9 Å². The van der Waals surface area contributed by atoms with Crippen LogP contribution in [-0.4, -0.2) is 58.8 Å². The Labute approximate surface area is 263 Å². The number of nitrogens with zero attached hydrogens (tertiary/aromatic N) is 5. The second-order valence-corrected chi connectivity index (χ2v) is 14.5. The highest BCUT2D eigenvalue weighted by atomic mass is 32.3. The van der Waals surface area contributed by atoms with Crippen LogP contribution in [0, 0.1) is 9.54 Å². The Morgan fingerprint density at radius 3 is 1.71 bits per heavy atom. The van der Waals surface area contributed by atoms with Gasteiger partial charge in [0.2, 0.25) is 0 Å². The van der Waals surface area contributed by atoms with Gasteiger partial charge in [0.05, 0.1) is 13.1 Å². The molecule has 1 aliphatic rings. The molecule has 242 valence electrons. The van der Waals surface area contributed by atoms with E-state index < -0.39 is 38.2 Å². The summed E-state index contributed by atoms with van der Waals surface area (Å²) in [4.78, 5) is 0. The van der Waals surface area contributed by atoms with E-state index in [9.17, 15) is 43.9 Å². The molecular formula is C21H27F10N5S6. The van der Waals surface area contributed by atoms with E-state index in [-0.39, 0.29) is 28.4 Å². The van der Waals surface area contributed by atoms with Crippen molar-refractivity contribution in [1.29, 1.82) is 0 Å². The fourth-order valence-corrected chi connectivity index (χ4v) is 9.69. The van der Waals surface area contributed by atoms with E-state index in [1.807, 2.05) is 25.3 Å². The lowest BCUT2D eigenvalue weighted by Crippen LogP contribution is -2.40. The molecule has 2 aromatic rings. The number of thioether (sulfide) groups is 1. The molecule has 3 heterocycles. The number of halogens is 10. The smallest absolute Gasteiger partial charge is 0.308 e. The standard InChI is InChI=1S/C19H25F6N5S6.C2H2F4/c1-6-33-12-14(28(10(2)3)16(31)26(12)8-7-20)35-30-34-13-15(36-30)29(11(4)5)17(32)27(13)9-18(21,22)19(23,24)25;3-1-2(4,5)6/h10-11H,6-9H2,1-5H3;1H2. The van der Waals surface area contributed by atoms with Crippen molar-refractivity contribution in [2.45, 2.75) is 98.2 Å². The number of alkyl halides is 10. The summed E-state index contributed by atoms with van der Waals surface area (Å²) >= 11 is 15.9. The molecule has 0 fully saturated rings. The molecule has 0 spiro atoms. The van der Waals surface area contributed by atoms with Crippen LogP contribution in [0.15, 0.2) is 20.1 Å². The Morgan fingerprint density at radius 2 is 1.29 bits per heavy atom. The van der Waals surface area contributed by atoms with Gasteiger partial charge >= 0.3 is 18.3 Å². The number of hydrogen-bond donors (Lipinski definition) is 0. The van der Waals surface area contributed by atoms with Crippen LogP contribution < -0.4 is 0 Å². The summed E-state index contributed by atoms with van der Waals surface area (Å²) in [6.07, 6.45) is -10.3. The minimum absolute atomic E-state index is 0.0452. The zero-order valence-electron chi connectivity index (χ0n) is 22.7. The topological polar surface area (TPSA) is 23.0 Å². The largest absolute Gasteiger partial charge is 0.455 e. The van der Waals surface area contributed by atoms with Gasteiger partial charge in [-0.3, -0.25) is 0 Å². The summed E-state index contributed by atoms with van der Waals surface area (Å²) in [7, 11) is 0. The van der Waals surface area contributed by atoms with Crippen molar-refractivity contribution in [3.8, 4) is 0 Å². The van der Waals surface area contributed by atoms with Crippen molar-refractivity contribution in [3.05, 3.63) is 9.54 Å². The number of hydrogen-bond acceptors (Lipinski definition) is 7. The third-order valence-corrected chi connectivity index (χ3v) is 10.8. The van der Waals surface area contributed by atoms with Crippen LogP contribution in [0.1, 0.15) is 46.7 Å². The molecule has 2 aromatic heterocycles. The van der Waals surface area contributed by atoms with Crippen LogP contribution >= 0.6 is 72.0 Å². The van der Waals surface area contributed by atoms with Gasteiger partial charge in [-0.2, -0.15) is 35.1 Å². The molecule has 42 heavy (non-hydrogen) atoms. The predicted octanol–water partition coefficient (Wildman–Crippen LogP) is 10.3. The molecule has 0 bridgehead atoms. The highest BCUT2D eigenvalue weighted by Gasteiger charge is 2.58. The lowest BCUT2D eigenvalue weighted by molar-refractivity contribution is -0.287. The van der Waals surface area contributed by atoms with E-state index in [0.717, 1.165) is 26.6 Å². The Kier molecular flexibility index (Phi) is 13.2. The molecule has 0 saturated carbocycles. The normalized spacial score (nSPS) is 14.6. The van der Waals surface area contributed by atoms with E-state index in [1.54, 1.807) is 26.1 Å². The van der Waals surface area contributed by atoms with E-state index in [1.165, 1.54) is 35.7 Å². The second kappa shape index (κ2) is 14.7. The SMILES string of the molecule is CCSc1c(SN2Sc3c(n(C(C)C)c(=S)n3CC(F)(F)C(F)(F)F)S2)n(C(C)C)c(=S)n1CCF.FCC(F)(F)F. The van der Waals surface area contributed by atoms with Crippen molar-refractivity contribution < 1.29 is 43.9 Å². The van der Waals surface area contributed by atoms with Gasteiger partial charge in [0.15, 0.2) is 16.2 Å². The lowest BCUT2D eigenvalue weighted by atomic mass is 10.3. The first-order valence-electron chi connectivity index (χ1n) is 12.0. The Hall–Kier alpha value is -0.480. The zero-order valence-corrected chi connectivity index (χ0v) is 27.6. The van der Waals surface area contributed by atoms with Crippen molar-refractivity contribution in [2.24, 2.45) is 0 Å². The summed E-state index contributed by atoms with van der Waals surface area (Å²) in [6, 6.07) is -0.307. The molecular weight excluding hydrogens is 705 g/mol. The van der Waals surface area contributed by atoms with Gasteiger partial charge in [0.1, 0.15) is 26.8 Å². The first-order chi connectivity index (χ1) is 19.2. The number of imidazole rings is 2. The number of aromatic nitrogens is 4. The van der Waals surface area contributed by atoms with E-state index in [4.69, 9.17) is 24.4 Å². The Morgan fingerprint density at radius 1 is 0.786 bits per heavy atom. The van der Waals surface area contributed by atoms with Gasteiger partial charge in [-0.05, 0) is 57.9 Å². The quantitative estimate of drug-likeness (QED) is 0.104. The maximum Gasteiger partial charge on any atom is 0.455 e. The van der Waals surface area contributed by atoms with E-state index in [2.05, 4.69) is 0 Å². The number of rotatable bonds is 10. The summed E-state index contributed by atoms with van der Waals surface area (Å²) < 4.78 is 130. The fraction of sp³-hybridized carbons (Fsp3) is 0.714. The summed E-state index contributed by atoms with van der Waals surface area (Å²) in [5, 5.41) is 2.25. The van der Waals surface area contributed by atoms with E-state index >= 15 is 0 Å². The van der Waals surface area contributed by atoms with Crippen molar-refractivity contribution in [2.75, 3.05) is 19.1 Å². The monoisotopic (exact) mass is 731 g/mol. The zero-order chi connectivity index (χ0) is 32.4. The van der Waals surface area contributed by atoms with Gasteiger partial charge in [-0.25, -0.2) is 8.78 Å². The van der Waals surface area contributed by atoms with Gasteiger partial charge < -0.3 is 18.3 Å². The predicted molar refractivity (Wildman–Crippen MR) is 152 cm³/mol. The first-order valence-corrected chi connectivity index (χ1v) is 16.1. The van der Waals surface area contributed by atoms with Crippen molar-refractivity contribution >= 4 is 72.0 Å². The average Bonchev–Trinajstić information content (AvgIpc) is 3.44. The highest BCUT2D eigenvalue weighted by molar-refractivity contribution is 8.27. The molecule has 0 N–H and O–H groups in total. The van der Waals surface area contributed by atoms with E-state index in [0.29, 0.717) is 15.5 Å². The van der Waals surface area contributed by atoms with Gasteiger partial charge in [0.25, 0.3) is 0 Å². The molecule has 0 unspecified atom stereocenters. The number of fused-ring (bicyclic) bond motifs is 1.